The summed E-state index contributed by atoms with van der Waals surface area (Å²) in [5.74, 6) is 0.340. The van der Waals surface area contributed by atoms with Crippen LogP contribution in [0.15, 0.2) is 23.1 Å². The Morgan fingerprint density at radius 2 is 2.15 bits per heavy atom. The molecule has 2 aromatic rings. The molecule has 13 heavy (non-hydrogen) atoms. The minimum Gasteiger partial charge on any atom is -0.506 e. The molecule has 0 saturated carbocycles. The minimum absolute atomic E-state index is 0.340. The zero-order valence-corrected chi connectivity index (χ0v) is 8.95. The van der Waals surface area contributed by atoms with E-state index >= 15 is 0 Å². The normalized spacial score (nSPS) is 10.9. The molecule has 1 aromatic carbocycles. The number of fused-ring (bicyclic) bond motifs is 1. The van der Waals surface area contributed by atoms with Crippen LogP contribution in [0.2, 0.25) is 0 Å². The van der Waals surface area contributed by atoms with E-state index in [1.807, 2.05) is 6.07 Å². The van der Waals surface area contributed by atoms with Crippen molar-refractivity contribution in [3.8, 4) is 5.75 Å². The first-order valence-electron chi connectivity index (χ1n) is 4.15. The van der Waals surface area contributed by atoms with E-state index in [0.717, 1.165) is 21.4 Å². The van der Waals surface area contributed by atoms with Crippen LogP contribution in [0.25, 0.3) is 10.1 Å². The maximum Gasteiger partial charge on any atom is 0.134 e. The average Bonchev–Trinajstić information content (AvgIpc) is 2.47. The molecule has 2 rings (SSSR count). The first-order chi connectivity index (χ1) is 6.20. The third-order valence-electron chi connectivity index (χ3n) is 1.98. The summed E-state index contributed by atoms with van der Waals surface area (Å²) in [5.41, 5.74) is 0. The summed E-state index contributed by atoms with van der Waals surface area (Å²) >= 11 is 5.86. The van der Waals surface area contributed by atoms with E-state index in [9.17, 15) is 5.11 Å². The summed E-state index contributed by atoms with van der Waals surface area (Å²) in [6, 6.07) is 5.77. The van der Waals surface area contributed by atoms with Gasteiger partial charge in [0.25, 0.3) is 0 Å². The highest BCUT2D eigenvalue weighted by Crippen LogP contribution is 2.35. The second-order valence-electron chi connectivity index (χ2n) is 2.95. The van der Waals surface area contributed by atoms with Gasteiger partial charge in [-0.15, -0.1) is 24.0 Å². The fourth-order valence-corrected chi connectivity index (χ4v) is 2.60. The molecular formula is C10H10OS2. The Balaban J connectivity index is 2.75. The van der Waals surface area contributed by atoms with Gasteiger partial charge in [0.05, 0.1) is 4.70 Å². The number of rotatable bonds is 1. The molecule has 1 aromatic heterocycles. The zero-order valence-electron chi connectivity index (χ0n) is 7.24. The summed E-state index contributed by atoms with van der Waals surface area (Å²) < 4.78 is 0.967. The van der Waals surface area contributed by atoms with Crippen LogP contribution < -0.4 is 0 Å². The van der Waals surface area contributed by atoms with Crippen molar-refractivity contribution in [3.05, 3.63) is 23.1 Å². The van der Waals surface area contributed by atoms with Gasteiger partial charge in [-0.1, -0.05) is 6.92 Å². The highest BCUT2D eigenvalue weighted by Gasteiger charge is 2.05. The summed E-state index contributed by atoms with van der Waals surface area (Å²) in [6.07, 6.45) is 1.01. The van der Waals surface area contributed by atoms with Crippen LogP contribution in [0, 0.1) is 0 Å². The Bertz CT molecular complexity index is 445. The topological polar surface area (TPSA) is 20.2 Å². The van der Waals surface area contributed by atoms with E-state index in [4.69, 9.17) is 0 Å². The van der Waals surface area contributed by atoms with Crippen molar-refractivity contribution < 1.29 is 5.11 Å². The molecule has 0 saturated heterocycles. The largest absolute Gasteiger partial charge is 0.506 e. The first kappa shape index (κ1) is 8.91. The number of thiol groups is 1. The van der Waals surface area contributed by atoms with E-state index in [1.165, 1.54) is 4.88 Å². The number of aromatic hydroxyl groups is 1. The molecule has 0 aliphatic rings. The number of phenols is 1. The van der Waals surface area contributed by atoms with Crippen LogP contribution in [-0.4, -0.2) is 5.11 Å². The van der Waals surface area contributed by atoms with Crippen LogP contribution in [0.5, 0.6) is 5.75 Å². The van der Waals surface area contributed by atoms with Crippen LogP contribution in [0.3, 0.4) is 0 Å². The van der Waals surface area contributed by atoms with E-state index in [0.29, 0.717) is 5.75 Å². The Labute approximate surface area is 86.4 Å². The smallest absolute Gasteiger partial charge is 0.134 e. The maximum atomic E-state index is 9.62. The lowest BCUT2D eigenvalue weighted by Gasteiger charge is -1.95. The van der Waals surface area contributed by atoms with Gasteiger partial charge in [0.15, 0.2) is 0 Å². The Hall–Kier alpha value is -0.670. The van der Waals surface area contributed by atoms with Crippen LogP contribution in [0.1, 0.15) is 11.8 Å². The molecule has 0 aliphatic heterocycles. The van der Waals surface area contributed by atoms with Crippen molar-refractivity contribution >= 4 is 34.1 Å². The van der Waals surface area contributed by atoms with Crippen molar-refractivity contribution in [2.45, 2.75) is 18.2 Å². The molecule has 0 aliphatic carbocycles. The SMILES string of the molecule is CCc1cc2cc(S)cc(O)c2s1. The number of benzene rings is 1. The Morgan fingerprint density at radius 1 is 1.38 bits per heavy atom. The Kier molecular flexibility index (Phi) is 2.22. The molecule has 0 atom stereocenters. The van der Waals surface area contributed by atoms with Crippen molar-refractivity contribution in [3.63, 3.8) is 0 Å². The number of phenolic OH excluding ortho intramolecular Hbond substituents is 1. The number of thiophene rings is 1. The van der Waals surface area contributed by atoms with Crippen molar-refractivity contribution in [2.24, 2.45) is 0 Å². The number of hydrogen-bond acceptors (Lipinski definition) is 3. The molecule has 0 radical (unpaired) electrons. The van der Waals surface area contributed by atoms with E-state index < -0.39 is 0 Å². The lowest BCUT2D eigenvalue weighted by molar-refractivity contribution is 0.481. The predicted octanol–water partition coefficient (Wildman–Crippen LogP) is 3.46. The maximum absolute atomic E-state index is 9.62. The third-order valence-corrected chi connectivity index (χ3v) is 3.56. The van der Waals surface area contributed by atoms with E-state index in [-0.39, 0.29) is 0 Å². The Morgan fingerprint density at radius 3 is 2.85 bits per heavy atom. The van der Waals surface area contributed by atoms with Gasteiger partial charge in [-0.2, -0.15) is 0 Å². The second kappa shape index (κ2) is 3.24. The highest BCUT2D eigenvalue weighted by molar-refractivity contribution is 7.80. The van der Waals surface area contributed by atoms with Gasteiger partial charge in [-0.3, -0.25) is 0 Å². The average molecular weight is 210 g/mol. The van der Waals surface area contributed by atoms with Gasteiger partial charge in [0.2, 0.25) is 0 Å². The monoisotopic (exact) mass is 210 g/mol. The van der Waals surface area contributed by atoms with Crippen LogP contribution in [-0.2, 0) is 6.42 Å². The van der Waals surface area contributed by atoms with Crippen molar-refractivity contribution in [1.82, 2.24) is 0 Å². The van der Waals surface area contributed by atoms with E-state index in [2.05, 4.69) is 25.6 Å². The van der Waals surface area contributed by atoms with E-state index in [1.54, 1.807) is 17.4 Å². The molecule has 0 spiro atoms. The number of hydrogen-bond donors (Lipinski definition) is 2. The van der Waals surface area contributed by atoms with Crippen molar-refractivity contribution in [1.29, 1.82) is 0 Å². The molecule has 1 heterocycles. The second-order valence-corrected chi connectivity index (χ2v) is 4.60. The van der Waals surface area contributed by atoms with Gasteiger partial charge in [-0.25, -0.2) is 0 Å². The fraction of sp³-hybridized carbons (Fsp3) is 0.200. The molecule has 3 heteroatoms. The van der Waals surface area contributed by atoms with Gasteiger partial charge in [-0.05, 0) is 30.0 Å². The minimum atomic E-state index is 0.340. The fourth-order valence-electron chi connectivity index (χ4n) is 1.35. The molecule has 0 amide bonds. The molecule has 0 fully saturated rings. The van der Waals surface area contributed by atoms with Gasteiger partial charge in [0.1, 0.15) is 5.75 Å². The lowest BCUT2D eigenvalue weighted by atomic mass is 10.2. The van der Waals surface area contributed by atoms with Gasteiger partial charge >= 0.3 is 0 Å². The summed E-state index contributed by atoms with van der Waals surface area (Å²) in [6.45, 7) is 2.11. The summed E-state index contributed by atoms with van der Waals surface area (Å²) in [5, 5.41) is 10.7. The first-order valence-corrected chi connectivity index (χ1v) is 5.41. The van der Waals surface area contributed by atoms with Crippen LogP contribution >= 0.6 is 24.0 Å². The van der Waals surface area contributed by atoms with Gasteiger partial charge < -0.3 is 5.11 Å². The third kappa shape index (κ3) is 1.54. The van der Waals surface area contributed by atoms with Crippen molar-refractivity contribution in [2.75, 3.05) is 0 Å². The zero-order chi connectivity index (χ0) is 9.42. The molecule has 1 nitrogen and oxygen atoms in total. The quantitative estimate of drug-likeness (QED) is 0.691. The highest BCUT2D eigenvalue weighted by atomic mass is 32.1. The number of aryl methyl sites for hydroxylation is 1. The standard InChI is InChI=1S/C10H10OS2/c1-2-8-4-6-3-7(12)5-9(11)10(6)13-8/h3-5,11-12H,2H2,1H3. The molecule has 68 valence electrons. The van der Waals surface area contributed by atoms with Crippen LogP contribution in [0.4, 0.5) is 0 Å². The molecule has 0 bridgehead atoms. The predicted molar refractivity (Wildman–Crippen MR) is 60.1 cm³/mol. The molecule has 0 unspecified atom stereocenters. The lowest BCUT2D eigenvalue weighted by Crippen LogP contribution is -1.67. The molecule has 1 N–H and O–H groups in total. The summed E-state index contributed by atoms with van der Waals surface area (Å²) in [4.78, 5) is 2.11. The molecular weight excluding hydrogens is 200 g/mol. The summed E-state index contributed by atoms with van der Waals surface area (Å²) in [7, 11) is 0. The van der Waals surface area contributed by atoms with Gasteiger partial charge in [0, 0.05) is 9.77 Å².